The molecule has 2 aliphatic carbocycles. The van der Waals surface area contributed by atoms with Gasteiger partial charge in [-0.25, -0.2) is 0 Å². The van der Waals surface area contributed by atoms with E-state index < -0.39 is 0 Å². The lowest BCUT2D eigenvalue weighted by molar-refractivity contribution is 0.911. The Bertz CT molecular complexity index is 1460. The molecule has 0 nitrogen and oxygen atoms in total. The third-order valence-corrected chi connectivity index (χ3v) is 7.17. The molecule has 0 fully saturated rings. The predicted molar refractivity (Wildman–Crippen MR) is 131 cm³/mol. The van der Waals surface area contributed by atoms with Gasteiger partial charge in [0.25, 0.3) is 0 Å². The van der Waals surface area contributed by atoms with Crippen LogP contribution in [0, 0.1) is 0 Å². The molecular formula is C30H22. The first-order valence-electron chi connectivity index (χ1n) is 11.1. The molecular weight excluding hydrogens is 360 g/mol. The van der Waals surface area contributed by atoms with Crippen LogP contribution in [0.4, 0.5) is 0 Å². The summed E-state index contributed by atoms with van der Waals surface area (Å²) >= 11 is 0. The number of fused-ring (bicyclic) bond motifs is 12. The summed E-state index contributed by atoms with van der Waals surface area (Å²) < 4.78 is 0. The third-order valence-electron chi connectivity index (χ3n) is 7.17. The third kappa shape index (κ3) is 2.11. The van der Waals surface area contributed by atoms with Crippen molar-refractivity contribution in [3.05, 3.63) is 95.1 Å². The molecule has 0 aromatic heterocycles. The van der Waals surface area contributed by atoms with Gasteiger partial charge < -0.3 is 0 Å². The topological polar surface area (TPSA) is 0 Å². The molecule has 0 aliphatic heterocycles. The van der Waals surface area contributed by atoms with Crippen molar-refractivity contribution in [3.63, 3.8) is 0 Å². The first-order chi connectivity index (χ1) is 14.9. The molecule has 0 heteroatoms. The van der Waals surface area contributed by atoms with Crippen molar-refractivity contribution >= 4 is 55.2 Å². The summed E-state index contributed by atoms with van der Waals surface area (Å²) in [6, 6.07) is 22.7. The molecule has 5 aromatic rings. The van der Waals surface area contributed by atoms with Crippen LogP contribution in [0.1, 0.15) is 35.1 Å². The summed E-state index contributed by atoms with van der Waals surface area (Å²) in [6.45, 7) is 0. The highest BCUT2D eigenvalue weighted by atomic mass is 14.2. The quantitative estimate of drug-likeness (QED) is 0.187. The predicted octanol–water partition coefficient (Wildman–Crippen LogP) is 8.22. The number of benzene rings is 5. The van der Waals surface area contributed by atoms with Crippen molar-refractivity contribution in [2.75, 3.05) is 0 Å². The second-order valence-corrected chi connectivity index (χ2v) is 8.70. The molecule has 0 heterocycles. The molecule has 0 saturated carbocycles. The van der Waals surface area contributed by atoms with Gasteiger partial charge in [0.1, 0.15) is 0 Å². The van der Waals surface area contributed by atoms with Gasteiger partial charge in [-0.2, -0.15) is 0 Å². The monoisotopic (exact) mass is 382 g/mol. The van der Waals surface area contributed by atoms with Crippen LogP contribution in [0.25, 0.3) is 55.2 Å². The molecule has 2 aliphatic rings. The van der Waals surface area contributed by atoms with Crippen LogP contribution < -0.4 is 0 Å². The fourth-order valence-corrected chi connectivity index (χ4v) is 5.86. The molecule has 142 valence electrons. The van der Waals surface area contributed by atoms with Gasteiger partial charge in [-0.15, -0.1) is 0 Å². The molecule has 0 atom stereocenters. The Labute approximate surface area is 176 Å². The van der Waals surface area contributed by atoms with Crippen LogP contribution in [-0.4, -0.2) is 0 Å². The first kappa shape index (κ1) is 16.4. The minimum atomic E-state index is 1.16. The zero-order chi connectivity index (χ0) is 19.7. The van der Waals surface area contributed by atoms with Gasteiger partial charge in [0, 0.05) is 0 Å². The summed E-state index contributed by atoms with van der Waals surface area (Å²) in [4.78, 5) is 0. The van der Waals surface area contributed by atoms with E-state index in [1.165, 1.54) is 67.1 Å². The van der Waals surface area contributed by atoms with Crippen molar-refractivity contribution in [1.82, 2.24) is 0 Å². The largest absolute Gasteiger partial charge is 0.0836 e. The fourth-order valence-electron chi connectivity index (χ4n) is 5.86. The fraction of sp³-hybridized carbons (Fsp3) is 0.133. The van der Waals surface area contributed by atoms with Gasteiger partial charge in [-0.1, -0.05) is 72.8 Å². The highest BCUT2D eigenvalue weighted by Crippen LogP contribution is 2.42. The maximum Gasteiger partial charge on any atom is -0.00923 e. The summed E-state index contributed by atoms with van der Waals surface area (Å²) in [7, 11) is 0. The Morgan fingerprint density at radius 3 is 1.27 bits per heavy atom. The minimum Gasteiger partial charge on any atom is -0.0836 e. The molecule has 0 N–H and O–H groups in total. The average molecular weight is 383 g/mol. The molecule has 0 amide bonds. The van der Waals surface area contributed by atoms with E-state index in [2.05, 4.69) is 85.0 Å². The molecule has 5 aromatic carbocycles. The van der Waals surface area contributed by atoms with Crippen molar-refractivity contribution in [2.24, 2.45) is 0 Å². The van der Waals surface area contributed by atoms with Gasteiger partial charge in [0.05, 0.1) is 0 Å². The summed E-state index contributed by atoms with van der Waals surface area (Å²) in [5, 5.41) is 11.0. The molecule has 30 heavy (non-hydrogen) atoms. The number of allylic oxidation sites excluding steroid dienone is 2. The number of hydrogen-bond donors (Lipinski definition) is 0. The maximum absolute atomic E-state index is 2.48. The zero-order valence-corrected chi connectivity index (χ0v) is 16.9. The van der Waals surface area contributed by atoms with E-state index in [4.69, 9.17) is 0 Å². The Morgan fingerprint density at radius 1 is 0.433 bits per heavy atom. The summed E-state index contributed by atoms with van der Waals surface area (Å²) in [6.07, 6.45) is 14.2. The van der Waals surface area contributed by atoms with Gasteiger partial charge in [-0.3, -0.25) is 0 Å². The van der Waals surface area contributed by atoms with Crippen LogP contribution in [0.2, 0.25) is 0 Å². The van der Waals surface area contributed by atoms with Crippen molar-refractivity contribution in [1.29, 1.82) is 0 Å². The molecule has 0 unspecified atom stereocenters. The van der Waals surface area contributed by atoms with E-state index in [-0.39, 0.29) is 0 Å². The lowest BCUT2D eigenvalue weighted by Gasteiger charge is -2.24. The van der Waals surface area contributed by atoms with E-state index in [0.717, 1.165) is 12.8 Å². The second kappa shape index (κ2) is 6.06. The van der Waals surface area contributed by atoms with E-state index in [9.17, 15) is 0 Å². The van der Waals surface area contributed by atoms with Gasteiger partial charge in [0.2, 0.25) is 0 Å². The average Bonchev–Trinajstić information content (AvgIpc) is 2.83. The van der Waals surface area contributed by atoms with Crippen LogP contribution in [-0.2, 0) is 12.8 Å². The smallest absolute Gasteiger partial charge is 0.00923 e. The van der Waals surface area contributed by atoms with Crippen LogP contribution >= 0.6 is 0 Å². The Hall–Kier alpha value is -3.38. The summed E-state index contributed by atoms with van der Waals surface area (Å²) in [5.74, 6) is 0. The van der Waals surface area contributed by atoms with Crippen molar-refractivity contribution < 1.29 is 0 Å². The SMILES string of the molecule is C1=Cc2c(c3c(c4cc5c6ccccc6c6ccccc6c5cc24)C=CCC3)CC1. The highest BCUT2D eigenvalue weighted by Gasteiger charge is 2.21. The maximum atomic E-state index is 2.48. The van der Waals surface area contributed by atoms with E-state index in [1.807, 2.05) is 0 Å². The Kier molecular flexibility index (Phi) is 3.32. The Morgan fingerprint density at radius 2 is 0.833 bits per heavy atom. The number of rotatable bonds is 0. The standard InChI is InChI=1S/C30H22/c1-5-13-23-19(9-1)20-10-2-6-14-24(20)28-18-30-26-16-8-4-12-22(26)21-11-3-7-15-25(21)29(30)17-27(23)28/h1-2,5-10,13-18H,3-4,11-12H2. The molecule has 0 spiro atoms. The van der Waals surface area contributed by atoms with Crippen molar-refractivity contribution in [3.8, 4) is 0 Å². The lowest BCUT2D eigenvalue weighted by atomic mass is 9.80. The highest BCUT2D eigenvalue weighted by molar-refractivity contribution is 6.28. The van der Waals surface area contributed by atoms with E-state index in [0.29, 0.717) is 0 Å². The summed E-state index contributed by atoms with van der Waals surface area (Å²) in [5.41, 5.74) is 6.11. The number of hydrogen-bond acceptors (Lipinski definition) is 0. The normalized spacial score (nSPS) is 15.2. The Balaban J connectivity index is 1.77. The van der Waals surface area contributed by atoms with E-state index in [1.54, 1.807) is 11.1 Å². The van der Waals surface area contributed by atoms with Crippen LogP contribution in [0.15, 0.2) is 72.8 Å². The molecule has 7 rings (SSSR count). The van der Waals surface area contributed by atoms with Crippen LogP contribution in [0.5, 0.6) is 0 Å². The minimum absolute atomic E-state index is 1.16. The van der Waals surface area contributed by atoms with Crippen LogP contribution in [0.3, 0.4) is 0 Å². The molecule has 0 bridgehead atoms. The zero-order valence-electron chi connectivity index (χ0n) is 16.9. The van der Waals surface area contributed by atoms with Crippen molar-refractivity contribution in [2.45, 2.75) is 25.7 Å². The van der Waals surface area contributed by atoms with Gasteiger partial charge in [-0.05, 0) is 103 Å². The molecule has 0 radical (unpaired) electrons. The van der Waals surface area contributed by atoms with Gasteiger partial charge >= 0.3 is 0 Å². The molecule has 0 saturated heterocycles. The lowest BCUT2D eigenvalue weighted by Crippen LogP contribution is -2.07. The first-order valence-corrected chi connectivity index (χ1v) is 11.1. The van der Waals surface area contributed by atoms with Gasteiger partial charge in [0.15, 0.2) is 0 Å². The second-order valence-electron chi connectivity index (χ2n) is 8.70. The van der Waals surface area contributed by atoms with E-state index >= 15 is 0 Å².